The van der Waals surface area contributed by atoms with Crippen molar-refractivity contribution >= 4 is 7.12 Å². The fourth-order valence-electron chi connectivity index (χ4n) is 1.98. The molecule has 0 aromatic heterocycles. The summed E-state index contributed by atoms with van der Waals surface area (Å²) in [5.41, 5.74) is 0.374. The molecular weight excluding hydrogens is 215 g/mol. The third kappa shape index (κ3) is 2.22. The van der Waals surface area contributed by atoms with Crippen molar-refractivity contribution in [1.82, 2.24) is 0 Å². The lowest BCUT2D eigenvalue weighted by Gasteiger charge is -2.32. The Kier molecular flexibility index (Phi) is 3.01. The minimum atomic E-state index is -0.402. The molecule has 2 aliphatic rings. The first-order chi connectivity index (χ1) is 7.73. The van der Waals surface area contributed by atoms with Crippen molar-refractivity contribution in [1.29, 1.82) is 0 Å². The normalized spacial score (nSPS) is 34.9. The molecule has 0 aromatic rings. The van der Waals surface area contributed by atoms with Crippen molar-refractivity contribution in [3.8, 4) is 0 Å². The lowest BCUT2D eigenvalue weighted by Crippen LogP contribution is -2.41. The zero-order valence-corrected chi connectivity index (χ0v) is 11.2. The molecule has 17 heavy (non-hydrogen) atoms. The Balaban J connectivity index is 2.17. The van der Waals surface area contributed by atoms with Gasteiger partial charge in [-0.05, 0) is 33.2 Å². The first-order valence-corrected chi connectivity index (χ1v) is 6.16. The molecule has 0 aromatic carbocycles. The van der Waals surface area contributed by atoms with Gasteiger partial charge in [0.25, 0.3) is 0 Å². The molecule has 0 spiro atoms. The molecule has 1 heterocycles. The summed E-state index contributed by atoms with van der Waals surface area (Å²) in [6.07, 6.45) is 5.31. The Bertz CT molecular complexity index is 355. The largest absolute Gasteiger partial charge is 0.494 e. The molecule has 2 atom stereocenters. The summed E-state index contributed by atoms with van der Waals surface area (Å²) in [7, 11) is -0.328. The third-order valence-corrected chi connectivity index (χ3v) is 4.01. The van der Waals surface area contributed by atoms with Crippen molar-refractivity contribution < 1.29 is 14.4 Å². The van der Waals surface area contributed by atoms with Crippen LogP contribution in [-0.2, 0) is 9.31 Å². The highest BCUT2D eigenvalue weighted by molar-refractivity contribution is 6.55. The fraction of sp³-hybridized carbons (Fsp3) is 0.692. The maximum absolute atomic E-state index is 9.63. The number of allylic oxidation sites excluding steroid dienone is 2. The quantitative estimate of drug-likeness (QED) is 0.708. The smallest absolute Gasteiger partial charge is 0.399 e. The molecule has 1 fully saturated rings. The van der Waals surface area contributed by atoms with E-state index < -0.39 is 6.10 Å². The zero-order valence-electron chi connectivity index (χ0n) is 11.2. The zero-order chi connectivity index (χ0) is 12.8. The summed E-state index contributed by atoms with van der Waals surface area (Å²) >= 11 is 0. The topological polar surface area (TPSA) is 38.7 Å². The van der Waals surface area contributed by atoms with E-state index in [4.69, 9.17) is 9.31 Å². The molecule has 1 aliphatic heterocycles. The Morgan fingerprint density at radius 1 is 1.18 bits per heavy atom. The van der Waals surface area contributed by atoms with E-state index in [1.807, 2.05) is 46.8 Å². The van der Waals surface area contributed by atoms with Gasteiger partial charge in [-0.3, -0.25) is 0 Å². The van der Waals surface area contributed by atoms with Crippen molar-refractivity contribution in [3.63, 3.8) is 0 Å². The number of aliphatic hydroxyl groups is 1. The van der Waals surface area contributed by atoms with E-state index in [-0.39, 0.29) is 24.2 Å². The van der Waals surface area contributed by atoms with Crippen LogP contribution in [0.4, 0.5) is 0 Å². The first-order valence-electron chi connectivity index (χ1n) is 6.16. The molecule has 0 saturated carbocycles. The lowest BCUT2D eigenvalue weighted by molar-refractivity contribution is 0.00578. The fourth-order valence-corrected chi connectivity index (χ4v) is 1.98. The maximum atomic E-state index is 9.63. The summed E-state index contributed by atoms with van der Waals surface area (Å²) in [4.78, 5) is 0. The van der Waals surface area contributed by atoms with Crippen LogP contribution in [-0.4, -0.2) is 29.5 Å². The predicted octanol–water partition coefficient (Wildman–Crippen LogP) is 2.11. The summed E-state index contributed by atoms with van der Waals surface area (Å²) < 4.78 is 11.9. The van der Waals surface area contributed by atoms with Crippen molar-refractivity contribution in [3.05, 3.63) is 23.7 Å². The molecule has 0 amide bonds. The van der Waals surface area contributed by atoms with E-state index in [2.05, 4.69) is 0 Å². The molecule has 1 N–H and O–H groups in total. The van der Waals surface area contributed by atoms with Gasteiger partial charge in [0.05, 0.1) is 17.3 Å². The van der Waals surface area contributed by atoms with E-state index in [9.17, 15) is 5.11 Å². The van der Waals surface area contributed by atoms with Gasteiger partial charge < -0.3 is 14.4 Å². The van der Waals surface area contributed by atoms with Crippen LogP contribution in [0.5, 0.6) is 0 Å². The number of hydrogen-bond donors (Lipinski definition) is 1. The molecule has 0 bridgehead atoms. The van der Waals surface area contributed by atoms with E-state index in [1.54, 1.807) is 6.08 Å². The number of rotatable bonds is 1. The van der Waals surface area contributed by atoms with Gasteiger partial charge in [-0.1, -0.05) is 25.2 Å². The van der Waals surface area contributed by atoms with Crippen LogP contribution >= 0.6 is 0 Å². The van der Waals surface area contributed by atoms with Gasteiger partial charge in [0.15, 0.2) is 0 Å². The Hall–Kier alpha value is -0.575. The summed E-state index contributed by atoms with van der Waals surface area (Å²) in [6.45, 7) is 10.1. The van der Waals surface area contributed by atoms with Crippen LogP contribution in [0.15, 0.2) is 23.7 Å². The minimum absolute atomic E-state index is 0.106. The number of aliphatic hydroxyl groups excluding tert-OH is 1. The van der Waals surface area contributed by atoms with E-state index in [0.717, 1.165) is 5.47 Å². The monoisotopic (exact) mass is 236 g/mol. The number of hydrogen-bond acceptors (Lipinski definition) is 3. The Morgan fingerprint density at radius 3 is 2.18 bits per heavy atom. The van der Waals surface area contributed by atoms with Crippen LogP contribution in [0.2, 0.25) is 0 Å². The molecule has 2 rings (SSSR count). The molecular formula is C13H21BO3. The van der Waals surface area contributed by atoms with Crippen LogP contribution in [0.25, 0.3) is 0 Å². The Labute approximate surface area is 104 Å². The van der Waals surface area contributed by atoms with Gasteiger partial charge in [-0.2, -0.15) is 0 Å². The average molecular weight is 236 g/mol. The second-order valence-corrected chi connectivity index (χ2v) is 5.96. The minimum Gasteiger partial charge on any atom is -0.399 e. The van der Waals surface area contributed by atoms with Crippen molar-refractivity contribution in [2.75, 3.05) is 0 Å². The average Bonchev–Trinajstić information content (AvgIpc) is 2.41. The van der Waals surface area contributed by atoms with Crippen molar-refractivity contribution in [2.24, 2.45) is 5.92 Å². The molecule has 4 heteroatoms. The summed E-state index contributed by atoms with van der Waals surface area (Å²) in [5, 5.41) is 9.63. The maximum Gasteiger partial charge on any atom is 0.494 e. The van der Waals surface area contributed by atoms with Crippen LogP contribution in [0, 0.1) is 5.92 Å². The highest BCUT2D eigenvalue weighted by atomic mass is 16.7. The molecule has 0 radical (unpaired) electrons. The highest BCUT2D eigenvalue weighted by Crippen LogP contribution is 2.39. The second kappa shape index (κ2) is 3.97. The molecule has 2 unspecified atom stereocenters. The van der Waals surface area contributed by atoms with E-state index in [0.29, 0.717) is 0 Å². The van der Waals surface area contributed by atoms with Gasteiger partial charge in [0.1, 0.15) is 0 Å². The first kappa shape index (κ1) is 12.9. The predicted molar refractivity (Wildman–Crippen MR) is 68.5 cm³/mol. The standard InChI is InChI=1S/C13H21BO3/c1-9-8-10(6-7-11(9)15)14-16-12(2,3)13(4,5)17-14/h6-9,11,15H,1-5H3. The molecule has 1 saturated heterocycles. The highest BCUT2D eigenvalue weighted by Gasteiger charge is 2.52. The summed E-state index contributed by atoms with van der Waals surface area (Å²) in [6, 6.07) is 0. The molecule has 94 valence electrons. The van der Waals surface area contributed by atoms with Crippen LogP contribution in [0.1, 0.15) is 34.6 Å². The van der Waals surface area contributed by atoms with Gasteiger partial charge in [-0.15, -0.1) is 0 Å². The molecule has 3 nitrogen and oxygen atoms in total. The van der Waals surface area contributed by atoms with Gasteiger partial charge in [-0.25, -0.2) is 0 Å². The van der Waals surface area contributed by atoms with E-state index >= 15 is 0 Å². The van der Waals surface area contributed by atoms with Crippen LogP contribution < -0.4 is 0 Å². The Morgan fingerprint density at radius 2 is 1.71 bits per heavy atom. The third-order valence-electron chi connectivity index (χ3n) is 4.01. The van der Waals surface area contributed by atoms with Crippen LogP contribution in [0.3, 0.4) is 0 Å². The van der Waals surface area contributed by atoms with E-state index in [1.165, 1.54) is 0 Å². The van der Waals surface area contributed by atoms with Gasteiger partial charge in [0, 0.05) is 5.92 Å². The van der Waals surface area contributed by atoms with Crippen molar-refractivity contribution in [2.45, 2.75) is 51.9 Å². The summed E-state index contributed by atoms with van der Waals surface area (Å²) in [5.74, 6) is 0.106. The SMILES string of the molecule is CC1C=C(B2OC(C)(C)C(C)(C)O2)C=CC1O. The molecule has 1 aliphatic carbocycles. The van der Waals surface area contributed by atoms with Gasteiger partial charge >= 0.3 is 7.12 Å². The lowest BCUT2D eigenvalue weighted by atomic mass is 9.73. The second-order valence-electron chi connectivity index (χ2n) is 5.96. The van der Waals surface area contributed by atoms with Gasteiger partial charge in [0.2, 0.25) is 0 Å².